The van der Waals surface area contributed by atoms with Gasteiger partial charge in [-0.25, -0.2) is 9.59 Å². The van der Waals surface area contributed by atoms with Gasteiger partial charge in [0.05, 0.1) is 39.0 Å². The van der Waals surface area contributed by atoms with E-state index in [-0.39, 0.29) is 40.3 Å². The number of hydrogen-bond donors (Lipinski definition) is 3. The van der Waals surface area contributed by atoms with Crippen LogP contribution >= 0.6 is 11.6 Å². The van der Waals surface area contributed by atoms with E-state index in [1.54, 1.807) is 20.6 Å². The van der Waals surface area contributed by atoms with Crippen molar-refractivity contribution < 1.29 is 22.8 Å². The smallest absolute Gasteiger partial charge is 0.386 e. The molecular formula is C36H42ClF3N8O3. The highest BCUT2D eigenvalue weighted by Crippen LogP contribution is 2.40. The predicted molar refractivity (Wildman–Crippen MR) is 190 cm³/mol. The van der Waals surface area contributed by atoms with Crippen molar-refractivity contribution >= 4 is 51.2 Å². The number of nitrogens with zero attached hydrogens (tertiary/aromatic N) is 5. The molecule has 3 fully saturated rings. The number of imidazole rings is 1. The van der Waals surface area contributed by atoms with Gasteiger partial charge in [-0.15, -0.1) is 0 Å². The van der Waals surface area contributed by atoms with Crippen LogP contribution in [-0.4, -0.2) is 99.6 Å². The summed E-state index contributed by atoms with van der Waals surface area (Å²) in [5, 5.41) is 6.13. The average Bonchev–Trinajstić information content (AvgIpc) is 3.79. The van der Waals surface area contributed by atoms with E-state index in [1.165, 1.54) is 26.0 Å². The van der Waals surface area contributed by atoms with Gasteiger partial charge in [0, 0.05) is 57.1 Å². The van der Waals surface area contributed by atoms with Crippen molar-refractivity contribution in [1.82, 2.24) is 34.6 Å². The summed E-state index contributed by atoms with van der Waals surface area (Å²) in [7, 11) is 1.37. The molecular weight excluding hydrogens is 685 g/mol. The largest absolute Gasteiger partial charge is 0.418 e. The average molecular weight is 727 g/mol. The van der Waals surface area contributed by atoms with Crippen LogP contribution in [0.3, 0.4) is 0 Å². The van der Waals surface area contributed by atoms with Gasteiger partial charge in [0.25, 0.3) is 0 Å². The number of piperidine rings is 2. The van der Waals surface area contributed by atoms with E-state index < -0.39 is 23.8 Å². The van der Waals surface area contributed by atoms with Gasteiger partial charge in [-0.2, -0.15) is 13.2 Å². The van der Waals surface area contributed by atoms with E-state index in [0.717, 1.165) is 42.9 Å². The summed E-state index contributed by atoms with van der Waals surface area (Å²) in [4.78, 5) is 54.3. The quantitative estimate of drug-likeness (QED) is 0.227. The number of anilines is 1. The van der Waals surface area contributed by atoms with E-state index in [1.807, 2.05) is 24.3 Å². The molecule has 0 spiro atoms. The third-order valence-electron chi connectivity index (χ3n) is 10.8. The topological polar surface area (TPSA) is 119 Å². The van der Waals surface area contributed by atoms with Gasteiger partial charge in [0.2, 0.25) is 5.91 Å². The summed E-state index contributed by atoms with van der Waals surface area (Å²) in [6.07, 6.45) is 1.79. The Kier molecular flexibility index (Phi) is 9.90. The van der Waals surface area contributed by atoms with Crippen molar-refractivity contribution in [2.45, 2.75) is 69.2 Å². The van der Waals surface area contributed by atoms with Crippen molar-refractivity contribution in [2.75, 3.05) is 51.6 Å². The van der Waals surface area contributed by atoms with Crippen LogP contribution in [0.5, 0.6) is 0 Å². The summed E-state index contributed by atoms with van der Waals surface area (Å²) in [6, 6.07) is 8.62. The summed E-state index contributed by atoms with van der Waals surface area (Å²) < 4.78 is 43.8. The fraction of sp³-hybridized carbons (Fsp3) is 0.500. The maximum Gasteiger partial charge on any atom is 0.418 e. The second-order valence-corrected chi connectivity index (χ2v) is 14.2. The highest BCUT2D eigenvalue weighted by molar-refractivity contribution is 6.33. The van der Waals surface area contributed by atoms with Crippen molar-refractivity contribution in [3.05, 3.63) is 69.2 Å². The number of rotatable bonds is 7. The number of halogens is 4. The Hall–Kier alpha value is -4.30. The number of benzene rings is 2. The summed E-state index contributed by atoms with van der Waals surface area (Å²) in [5.74, 6) is -0.328. The first-order valence-corrected chi connectivity index (χ1v) is 18.0. The van der Waals surface area contributed by atoms with Crippen LogP contribution in [0.2, 0.25) is 5.02 Å². The highest BCUT2D eigenvalue weighted by Gasteiger charge is 2.37. The molecule has 272 valence electrons. The molecule has 1 atom stereocenters. The van der Waals surface area contributed by atoms with E-state index in [2.05, 4.69) is 25.5 Å². The molecule has 0 aliphatic carbocycles. The molecule has 5 heterocycles. The number of nitrogens with one attached hydrogen (secondary N) is 3. The van der Waals surface area contributed by atoms with Crippen molar-refractivity contribution in [3.8, 4) is 0 Å². The summed E-state index contributed by atoms with van der Waals surface area (Å²) in [5.41, 5.74) is 0.955. The molecule has 3 aliphatic heterocycles. The lowest BCUT2D eigenvalue weighted by Crippen LogP contribution is -2.56. The number of carbonyl (C=O) groups is 2. The predicted octanol–water partition coefficient (Wildman–Crippen LogP) is 5.64. The molecule has 3 aliphatic rings. The molecule has 7 rings (SSSR count). The third kappa shape index (κ3) is 7.12. The zero-order chi connectivity index (χ0) is 35.9. The standard InChI is InChI=1S/C36H42ClF3N8O3/c1-41-32-26(36(38,39)40)18-22(19-27(32)37)20-29(33(49)46-14-8-23(9-15-46)45-12-4-5-13-45)43-34(50)47-16-10-24(11-17-47)48-30-21-42-28-7-3-2-6-25(28)31(30)44-35(48)51/h2-3,6-7,18-19,21,23-24,29,41H,4-5,8-17,20H2,1H3,(H,43,50)(H,44,51)/t29-/m1/s1. The summed E-state index contributed by atoms with van der Waals surface area (Å²) in [6.45, 7) is 3.77. The highest BCUT2D eigenvalue weighted by atomic mass is 35.5. The first kappa shape index (κ1) is 35.1. The lowest BCUT2D eigenvalue weighted by atomic mass is 9.98. The molecule has 0 saturated carbocycles. The minimum Gasteiger partial charge on any atom is -0.386 e. The zero-order valence-electron chi connectivity index (χ0n) is 28.4. The lowest BCUT2D eigenvalue weighted by molar-refractivity contribution is -0.137. The molecule has 0 unspecified atom stereocenters. The van der Waals surface area contributed by atoms with Crippen LogP contribution in [0.4, 0.5) is 23.7 Å². The number of aromatic amines is 1. The van der Waals surface area contributed by atoms with E-state index in [4.69, 9.17) is 11.6 Å². The minimum atomic E-state index is -4.68. The molecule has 0 bridgehead atoms. The number of para-hydroxylation sites is 1. The SMILES string of the molecule is CNc1c(Cl)cc(C[C@@H](NC(=O)N2CCC(n3c(=O)[nH]c4c5ccccc5ncc43)CC2)C(=O)N2CCC(N3CCCC3)CC2)cc1C(F)(F)F. The number of amides is 3. The minimum absolute atomic E-state index is 0.121. The second-order valence-electron chi connectivity index (χ2n) is 13.8. The number of H-pyrrole nitrogens is 1. The molecule has 15 heteroatoms. The van der Waals surface area contributed by atoms with Crippen LogP contribution in [0.25, 0.3) is 21.9 Å². The first-order valence-electron chi connectivity index (χ1n) is 17.7. The maximum absolute atomic E-state index is 14.1. The van der Waals surface area contributed by atoms with Crippen molar-refractivity contribution in [2.24, 2.45) is 0 Å². The number of pyridine rings is 1. The Morgan fingerprint density at radius 1 is 0.980 bits per heavy atom. The number of urea groups is 1. The molecule has 3 N–H and O–H groups in total. The molecule has 2 aromatic heterocycles. The molecule has 11 nitrogen and oxygen atoms in total. The number of alkyl halides is 3. The molecule has 51 heavy (non-hydrogen) atoms. The van der Waals surface area contributed by atoms with Crippen molar-refractivity contribution in [1.29, 1.82) is 0 Å². The fourth-order valence-electron chi connectivity index (χ4n) is 8.12. The molecule has 4 aromatic rings. The maximum atomic E-state index is 14.1. The Bertz CT molecular complexity index is 1980. The van der Waals surface area contributed by atoms with Gasteiger partial charge in [0.15, 0.2) is 0 Å². The fourth-order valence-corrected chi connectivity index (χ4v) is 8.46. The Labute approximate surface area is 298 Å². The van der Waals surface area contributed by atoms with Crippen LogP contribution in [0, 0.1) is 0 Å². The summed E-state index contributed by atoms with van der Waals surface area (Å²) >= 11 is 6.30. The van der Waals surface area contributed by atoms with Gasteiger partial charge in [-0.3, -0.25) is 14.3 Å². The molecule has 3 amide bonds. The van der Waals surface area contributed by atoms with Gasteiger partial charge in [-0.05, 0) is 75.4 Å². The van der Waals surface area contributed by atoms with E-state index >= 15 is 0 Å². The van der Waals surface area contributed by atoms with Gasteiger partial charge in [0.1, 0.15) is 6.04 Å². The van der Waals surface area contributed by atoms with Gasteiger partial charge < -0.3 is 30.3 Å². The number of aromatic nitrogens is 3. The number of carbonyl (C=O) groups excluding carboxylic acids is 2. The normalized spacial score (nSPS) is 18.8. The van der Waals surface area contributed by atoms with E-state index in [9.17, 15) is 27.6 Å². The van der Waals surface area contributed by atoms with Crippen molar-refractivity contribution in [3.63, 3.8) is 0 Å². The van der Waals surface area contributed by atoms with Crippen LogP contribution in [0.15, 0.2) is 47.4 Å². The van der Waals surface area contributed by atoms with Crippen LogP contribution < -0.4 is 16.3 Å². The zero-order valence-corrected chi connectivity index (χ0v) is 29.2. The van der Waals surface area contributed by atoms with Crippen LogP contribution in [-0.2, 0) is 17.4 Å². The van der Waals surface area contributed by atoms with Gasteiger partial charge in [-0.1, -0.05) is 29.8 Å². The number of fused-ring (bicyclic) bond motifs is 3. The Morgan fingerprint density at radius 3 is 2.33 bits per heavy atom. The molecule has 2 aromatic carbocycles. The van der Waals surface area contributed by atoms with E-state index in [0.29, 0.717) is 56.1 Å². The molecule has 3 saturated heterocycles. The molecule has 0 radical (unpaired) electrons. The monoisotopic (exact) mass is 726 g/mol. The Morgan fingerprint density at radius 2 is 1.65 bits per heavy atom. The number of likely N-dealkylation sites (tertiary alicyclic amines) is 3. The first-order chi connectivity index (χ1) is 24.5. The lowest BCUT2D eigenvalue weighted by Gasteiger charge is -2.38. The number of hydrogen-bond acceptors (Lipinski definition) is 6. The van der Waals surface area contributed by atoms with Crippen LogP contribution in [0.1, 0.15) is 55.7 Å². The third-order valence-corrected chi connectivity index (χ3v) is 11.1. The van der Waals surface area contributed by atoms with Gasteiger partial charge >= 0.3 is 17.9 Å². The second kappa shape index (κ2) is 14.4. The Balaban J connectivity index is 1.08.